The van der Waals surface area contributed by atoms with Crippen LogP contribution in [-0.4, -0.2) is 33.3 Å². The van der Waals surface area contributed by atoms with Crippen LogP contribution in [0.5, 0.6) is 0 Å². The van der Waals surface area contributed by atoms with Crippen LogP contribution in [-0.2, 0) is 0 Å². The molecular formula is C11H19N3O2. The lowest BCUT2D eigenvalue weighted by molar-refractivity contribution is 0.121. The highest BCUT2D eigenvalue weighted by atomic mass is 16.3. The molecular weight excluding hydrogens is 206 g/mol. The number of aliphatic hydroxyl groups is 1. The fourth-order valence-corrected chi connectivity index (χ4v) is 1.45. The van der Waals surface area contributed by atoms with Crippen LogP contribution in [0.4, 0.5) is 4.79 Å². The van der Waals surface area contributed by atoms with E-state index in [0.717, 1.165) is 0 Å². The third kappa shape index (κ3) is 4.44. The molecule has 1 rings (SSSR count). The molecule has 1 unspecified atom stereocenters. The van der Waals surface area contributed by atoms with E-state index in [-0.39, 0.29) is 18.0 Å². The van der Waals surface area contributed by atoms with Gasteiger partial charge >= 0.3 is 6.03 Å². The standard InChI is InChI=1S/C11H19N3O2/c1-11(2,3)6-9(15)7-13-10(16)14-5-4-12-8-14/h4-5,8-9,15H,6-7H2,1-3H3,(H,13,16). The number of hydrogen-bond acceptors (Lipinski definition) is 3. The van der Waals surface area contributed by atoms with Gasteiger partial charge in [-0.05, 0) is 11.8 Å². The Kier molecular flexibility index (Phi) is 4.06. The number of hydrogen-bond donors (Lipinski definition) is 2. The summed E-state index contributed by atoms with van der Waals surface area (Å²) in [7, 11) is 0. The molecule has 0 spiro atoms. The quantitative estimate of drug-likeness (QED) is 0.813. The van der Waals surface area contributed by atoms with E-state index in [1.54, 1.807) is 6.20 Å². The van der Waals surface area contributed by atoms with E-state index >= 15 is 0 Å². The Hall–Kier alpha value is -1.36. The molecule has 1 aromatic rings. The molecule has 16 heavy (non-hydrogen) atoms. The predicted octanol–water partition coefficient (Wildman–Crippen LogP) is 1.24. The Labute approximate surface area is 95.5 Å². The first kappa shape index (κ1) is 12.7. The number of nitrogens with zero attached hydrogens (tertiary/aromatic N) is 2. The molecule has 0 fully saturated rings. The fourth-order valence-electron chi connectivity index (χ4n) is 1.45. The summed E-state index contributed by atoms with van der Waals surface area (Å²) in [4.78, 5) is 15.2. The van der Waals surface area contributed by atoms with Gasteiger partial charge in [-0.25, -0.2) is 9.78 Å². The summed E-state index contributed by atoms with van der Waals surface area (Å²) in [6.45, 7) is 6.41. The van der Waals surface area contributed by atoms with Crippen LogP contribution < -0.4 is 5.32 Å². The first-order chi connectivity index (χ1) is 7.38. The molecule has 5 heteroatoms. The SMILES string of the molecule is CC(C)(C)CC(O)CNC(=O)n1ccnc1. The van der Waals surface area contributed by atoms with Gasteiger partial charge in [-0.3, -0.25) is 4.57 Å². The summed E-state index contributed by atoms with van der Waals surface area (Å²) >= 11 is 0. The minimum Gasteiger partial charge on any atom is -0.391 e. The highest BCUT2D eigenvalue weighted by Gasteiger charge is 2.17. The van der Waals surface area contributed by atoms with Crippen LogP contribution >= 0.6 is 0 Å². The molecule has 1 heterocycles. The lowest BCUT2D eigenvalue weighted by Gasteiger charge is -2.22. The van der Waals surface area contributed by atoms with Crippen LogP contribution in [0, 0.1) is 5.41 Å². The number of amides is 1. The van der Waals surface area contributed by atoms with Gasteiger partial charge in [0.15, 0.2) is 0 Å². The van der Waals surface area contributed by atoms with Gasteiger partial charge in [0, 0.05) is 18.9 Å². The van der Waals surface area contributed by atoms with Crippen molar-refractivity contribution in [3.63, 3.8) is 0 Å². The lowest BCUT2D eigenvalue weighted by atomic mass is 9.89. The number of rotatable bonds is 3. The molecule has 1 amide bonds. The Morgan fingerprint density at radius 2 is 2.25 bits per heavy atom. The van der Waals surface area contributed by atoms with E-state index in [4.69, 9.17) is 0 Å². The van der Waals surface area contributed by atoms with Gasteiger partial charge in [0.25, 0.3) is 0 Å². The largest absolute Gasteiger partial charge is 0.391 e. The van der Waals surface area contributed by atoms with Crippen molar-refractivity contribution in [2.45, 2.75) is 33.3 Å². The van der Waals surface area contributed by atoms with Gasteiger partial charge in [-0.15, -0.1) is 0 Å². The molecule has 0 radical (unpaired) electrons. The maximum absolute atomic E-state index is 11.5. The summed E-state index contributed by atoms with van der Waals surface area (Å²) in [5.74, 6) is 0. The number of carbonyl (C=O) groups is 1. The number of imidazole rings is 1. The van der Waals surface area contributed by atoms with Crippen LogP contribution in [0.25, 0.3) is 0 Å². The second kappa shape index (κ2) is 5.12. The smallest absolute Gasteiger partial charge is 0.326 e. The Bertz CT molecular complexity index is 327. The second-order valence-electron chi connectivity index (χ2n) is 5.07. The third-order valence-electron chi connectivity index (χ3n) is 2.08. The average Bonchev–Trinajstić information content (AvgIpc) is 2.64. The number of aliphatic hydroxyl groups excluding tert-OH is 1. The first-order valence-corrected chi connectivity index (χ1v) is 5.33. The lowest BCUT2D eigenvalue weighted by Crippen LogP contribution is -2.36. The molecule has 0 aliphatic carbocycles. The van der Waals surface area contributed by atoms with Crippen molar-refractivity contribution in [2.75, 3.05) is 6.54 Å². The average molecular weight is 225 g/mol. The molecule has 0 saturated heterocycles. The van der Waals surface area contributed by atoms with Gasteiger partial charge in [0.05, 0.1) is 6.10 Å². The topological polar surface area (TPSA) is 67.2 Å². The minimum absolute atomic E-state index is 0.0547. The summed E-state index contributed by atoms with van der Waals surface area (Å²) in [6.07, 6.45) is 4.65. The van der Waals surface area contributed by atoms with E-state index in [2.05, 4.69) is 10.3 Å². The highest BCUT2D eigenvalue weighted by Crippen LogP contribution is 2.20. The summed E-state index contributed by atoms with van der Waals surface area (Å²) in [5.41, 5.74) is 0.0547. The van der Waals surface area contributed by atoms with Gasteiger partial charge < -0.3 is 10.4 Å². The predicted molar refractivity (Wildman–Crippen MR) is 61.1 cm³/mol. The second-order valence-corrected chi connectivity index (χ2v) is 5.07. The molecule has 5 nitrogen and oxygen atoms in total. The van der Waals surface area contributed by atoms with Crippen molar-refractivity contribution >= 4 is 6.03 Å². The summed E-state index contributed by atoms with van der Waals surface area (Å²) in [5, 5.41) is 12.3. The third-order valence-corrected chi connectivity index (χ3v) is 2.08. The van der Waals surface area contributed by atoms with Crippen LogP contribution in [0.1, 0.15) is 27.2 Å². The molecule has 0 bridgehead atoms. The molecule has 1 aromatic heterocycles. The molecule has 0 aliphatic rings. The number of carbonyl (C=O) groups excluding carboxylic acids is 1. The van der Waals surface area contributed by atoms with Crippen molar-refractivity contribution in [1.29, 1.82) is 0 Å². The molecule has 0 aliphatic heterocycles. The normalized spacial score (nSPS) is 13.5. The maximum atomic E-state index is 11.5. The van der Waals surface area contributed by atoms with Crippen molar-refractivity contribution < 1.29 is 9.90 Å². The Balaban J connectivity index is 2.32. The van der Waals surface area contributed by atoms with Gasteiger partial charge in [-0.2, -0.15) is 0 Å². The number of nitrogens with one attached hydrogen (secondary N) is 1. The molecule has 1 atom stereocenters. The van der Waals surface area contributed by atoms with Crippen molar-refractivity contribution in [1.82, 2.24) is 14.9 Å². The zero-order valence-electron chi connectivity index (χ0n) is 9.97. The Morgan fingerprint density at radius 1 is 1.56 bits per heavy atom. The molecule has 0 aromatic carbocycles. The zero-order chi connectivity index (χ0) is 12.2. The fraction of sp³-hybridized carbons (Fsp3) is 0.636. The Morgan fingerprint density at radius 3 is 2.75 bits per heavy atom. The van der Waals surface area contributed by atoms with Gasteiger partial charge in [0.2, 0.25) is 0 Å². The van der Waals surface area contributed by atoms with E-state index in [1.807, 2.05) is 20.8 Å². The molecule has 90 valence electrons. The first-order valence-electron chi connectivity index (χ1n) is 5.33. The zero-order valence-corrected chi connectivity index (χ0v) is 9.97. The minimum atomic E-state index is -0.521. The number of aromatic nitrogens is 2. The monoisotopic (exact) mass is 225 g/mol. The van der Waals surface area contributed by atoms with E-state index in [1.165, 1.54) is 17.1 Å². The van der Waals surface area contributed by atoms with Crippen molar-refractivity contribution in [3.05, 3.63) is 18.7 Å². The summed E-state index contributed by atoms with van der Waals surface area (Å²) < 4.78 is 1.34. The highest BCUT2D eigenvalue weighted by molar-refractivity contribution is 5.76. The van der Waals surface area contributed by atoms with Gasteiger partial charge in [0.1, 0.15) is 6.33 Å². The molecule has 0 saturated carbocycles. The van der Waals surface area contributed by atoms with E-state index < -0.39 is 6.10 Å². The van der Waals surface area contributed by atoms with Crippen molar-refractivity contribution in [3.8, 4) is 0 Å². The molecule has 2 N–H and O–H groups in total. The van der Waals surface area contributed by atoms with Crippen LogP contribution in [0.15, 0.2) is 18.7 Å². The van der Waals surface area contributed by atoms with E-state index in [0.29, 0.717) is 6.42 Å². The summed E-state index contributed by atoms with van der Waals surface area (Å²) in [6, 6.07) is -0.273. The van der Waals surface area contributed by atoms with Gasteiger partial charge in [-0.1, -0.05) is 20.8 Å². The van der Waals surface area contributed by atoms with E-state index in [9.17, 15) is 9.90 Å². The maximum Gasteiger partial charge on any atom is 0.326 e. The van der Waals surface area contributed by atoms with Crippen molar-refractivity contribution in [2.24, 2.45) is 5.41 Å². The van der Waals surface area contributed by atoms with Crippen LogP contribution in [0.3, 0.4) is 0 Å². The van der Waals surface area contributed by atoms with Crippen LogP contribution in [0.2, 0.25) is 0 Å².